The van der Waals surface area contributed by atoms with E-state index in [0.717, 1.165) is 30.4 Å². The molecule has 20 heavy (non-hydrogen) atoms. The molecule has 0 bridgehead atoms. The molecule has 0 saturated carbocycles. The predicted octanol–water partition coefficient (Wildman–Crippen LogP) is 3.62. The van der Waals surface area contributed by atoms with Crippen LogP contribution in [0.25, 0.3) is 0 Å². The third-order valence-electron chi connectivity index (χ3n) is 3.47. The number of rotatable bonds is 5. The molecule has 0 amide bonds. The lowest BCUT2D eigenvalue weighted by Gasteiger charge is -2.33. The van der Waals surface area contributed by atoms with Crippen LogP contribution in [0.1, 0.15) is 24.3 Å². The van der Waals surface area contributed by atoms with Gasteiger partial charge in [0.25, 0.3) is 0 Å². The second-order valence-electron chi connectivity index (χ2n) is 4.81. The van der Waals surface area contributed by atoms with Crippen LogP contribution >= 0.6 is 11.8 Å². The van der Waals surface area contributed by atoms with Crippen molar-refractivity contribution in [2.75, 3.05) is 13.2 Å². The molecule has 1 N–H and O–H groups in total. The second kappa shape index (κ2) is 6.37. The minimum atomic E-state index is 0.338. The molecule has 4 heteroatoms. The van der Waals surface area contributed by atoms with Crippen LogP contribution < -0.4 is 10.1 Å². The van der Waals surface area contributed by atoms with Crippen molar-refractivity contribution in [1.29, 1.82) is 0 Å². The van der Waals surface area contributed by atoms with Crippen LogP contribution in [0.2, 0.25) is 0 Å². The van der Waals surface area contributed by atoms with Gasteiger partial charge in [-0.2, -0.15) is 0 Å². The number of benzene rings is 1. The van der Waals surface area contributed by atoms with Gasteiger partial charge in [0.2, 0.25) is 0 Å². The highest BCUT2D eigenvalue weighted by atomic mass is 32.2. The van der Waals surface area contributed by atoms with E-state index in [-0.39, 0.29) is 0 Å². The normalized spacial score (nSPS) is 21.2. The van der Waals surface area contributed by atoms with Gasteiger partial charge >= 0.3 is 0 Å². The van der Waals surface area contributed by atoms with Gasteiger partial charge in [0.1, 0.15) is 18.1 Å². The number of para-hydroxylation sites is 1. The Labute approximate surface area is 123 Å². The number of thioether (sulfide) groups is 1. The summed E-state index contributed by atoms with van der Waals surface area (Å²) in [4.78, 5) is 0. The summed E-state index contributed by atoms with van der Waals surface area (Å²) in [5, 5.41) is 3.99. The van der Waals surface area contributed by atoms with Crippen LogP contribution in [0.15, 0.2) is 47.1 Å². The molecule has 2 heterocycles. The molecule has 3 rings (SSSR count). The smallest absolute Gasteiger partial charge is 0.124 e. The van der Waals surface area contributed by atoms with Crippen LogP contribution in [0.4, 0.5) is 0 Å². The third-order valence-corrected chi connectivity index (χ3v) is 4.76. The monoisotopic (exact) mass is 289 g/mol. The van der Waals surface area contributed by atoms with Gasteiger partial charge in [-0.15, -0.1) is 11.8 Å². The number of furan rings is 1. The molecule has 0 saturated heterocycles. The van der Waals surface area contributed by atoms with E-state index in [1.165, 1.54) is 5.56 Å². The molecule has 0 fully saturated rings. The molecule has 1 aromatic heterocycles. The van der Waals surface area contributed by atoms with Gasteiger partial charge in [-0.1, -0.05) is 25.1 Å². The Morgan fingerprint density at radius 1 is 1.25 bits per heavy atom. The second-order valence-corrected chi connectivity index (χ2v) is 6.04. The first-order chi connectivity index (χ1) is 9.88. The molecule has 0 radical (unpaired) electrons. The quantitative estimate of drug-likeness (QED) is 0.911. The fourth-order valence-corrected chi connectivity index (χ4v) is 3.67. The van der Waals surface area contributed by atoms with E-state index >= 15 is 0 Å². The Morgan fingerprint density at radius 3 is 2.95 bits per heavy atom. The maximum absolute atomic E-state index is 5.89. The maximum Gasteiger partial charge on any atom is 0.124 e. The van der Waals surface area contributed by atoms with Crippen molar-refractivity contribution in [3.8, 4) is 5.75 Å². The van der Waals surface area contributed by atoms with Gasteiger partial charge < -0.3 is 14.5 Å². The third kappa shape index (κ3) is 2.86. The molecular weight excluding hydrogens is 270 g/mol. The zero-order chi connectivity index (χ0) is 13.8. The van der Waals surface area contributed by atoms with E-state index in [0.29, 0.717) is 11.3 Å². The number of fused-ring (bicyclic) bond motifs is 1. The highest BCUT2D eigenvalue weighted by molar-refractivity contribution is 7.99. The molecular formula is C16H19NO2S. The summed E-state index contributed by atoms with van der Waals surface area (Å²) >= 11 is 1.89. The molecule has 1 aliphatic heterocycles. The lowest BCUT2D eigenvalue weighted by Crippen LogP contribution is -2.37. The lowest BCUT2D eigenvalue weighted by atomic mass is 10.0. The average molecular weight is 289 g/mol. The molecule has 2 aromatic rings. The average Bonchev–Trinajstić information content (AvgIpc) is 3.00. The number of nitrogens with one attached hydrogen (secondary N) is 1. The Morgan fingerprint density at radius 2 is 2.15 bits per heavy atom. The first kappa shape index (κ1) is 13.6. The van der Waals surface area contributed by atoms with Crippen molar-refractivity contribution in [2.45, 2.75) is 24.0 Å². The van der Waals surface area contributed by atoms with Crippen molar-refractivity contribution in [1.82, 2.24) is 5.32 Å². The minimum Gasteiger partial charge on any atom is -0.492 e. The molecule has 0 spiro atoms. The fourth-order valence-electron chi connectivity index (χ4n) is 2.53. The topological polar surface area (TPSA) is 34.4 Å². The number of hydrogen-bond acceptors (Lipinski definition) is 4. The van der Waals surface area contributed by atoms with Crippen molar-refractivity contribution in [3.05, 3.63) is 54.0 Å². The van der Waals surface area contributed by atoms with Crippen LogP contribution in [0, 0.1) is 0 Å². The molecule has 2 atom stereocenters. The SMILES string of the molecule is CCNC1c2ccccc2OCC1SCc1ccco1. The van der Waals surface area contributed by atoms with Gasteiger partial charge in [-0.3, -0.25) is 0 Å². The molecule has 3 nitrogen and oxygen atoms in total. The van der Waals surface area contributed by atoms with Crippen LogP contribution in [-0.2, 0) is 5.75 Å². The number of ether oxygens (including phenoxy) is 1. The van der Waals surface area contributed by atoms with E-state index in [2.05, 4.69) is 24.4 Å². The van der Waals surface area contributed by atoms with Crippen LogP contribution in [0.3, 0.4) is 0 Å². The summed E-state index contributed by atoms with van der Waals surface area (Å²) in [6, 6.07) is 12.6. The summed E-state index contributed by atoms with van der Waals surface area (Å²) in [5.41, 5.74) is 1.26. The van der Waals surface area contributed by atoms with E-state index in [1.807, 2.05) is 36.0 Å². The summed E-state index contributed by atoms with van der Waals surface area (Å²) in [6.07, 6.45) is 1.73. The van der Waals surface area contributed by atoms with E-state index in [1.54, 1.807) is 6.26 Å². The first-order valence-electron chi connectivity index (χ1n) is 6.97. The fraction of sp³-hybridized carbons (Fsp3) is 0.375. The van der Waals surface area contributed by atoms with Gasteiger partial charge in [0.15, 0.2) is 0 Å². The molecule has 0 aliphatic carbocycles. The Balaban J connectivity index is 1.74. The highest BCUT2D eigenvalue weighted by Gasteiger charge is 2.30. The maximum atomic E-state index is 5.89. The van der Waals surface area contributed by atoms with Gasteiger partial charge in [-0.05, 0) is 24.7 Å². The largest absolute Gasteiger partial charge is 0.492 e. The van der Waals surface area contributed by atoms with E-state index in [4.69, 9.17) is 9.15 Å². The van der Waals surface area contributed by atoms with Crippen LogP contribution in [-0.4, -0.2) is 18.4 Å². The van der Waals surface area contributed by atoms with Crippen molar-refractivity contribution >= 4 is 11.8 Å². The van der Waals surface area contributed by atoms with Crippen LogP contribution in [0.5, 0.6) is 5.75 Å². The van der Waals surface area contributed by atoms with Gasteiger partial charge in [0, 0.05) is 5.56 Å². The Kier molecular flexibility index (Phi) is 4.33. The van der Waals surface area contributed by atoms with E-state index in [9.17, 15) is 0 Å². The summed E-state index contributed by atoms with van der Waals surface area (Å²) < 4.78 is 11.3. The highest BCUT2D eigenvalue weighted by Crippen LogP contribution is 2.38. The molecule has 1 aliphatic rings. The Bertz CT molecular complexity index is 541. The van der Waals surface area contributed by atoms with Crippen molar-refractivity contribution < 1.29 is 9.15 Å². The molecule has 2 unspecified atom stereocenters. The number of hydrogen-bond donors (Lipinski definition) is 1. The Hall–Kier alpha value is -1.39. The van der Waals surface area contributed by atoms with Gasteiger partial charge in [-0.25, -0.2) is 0 Å². The molecule has 1 aromatic carbocycles. The minimum absolute atomic E-state index is 0.338. The predicted molar refractivity (Wildman–Crippen MR) is 82.1 cm³/mol. The first-order valence-corrected chi connectivity index (χ1v) is 8.02. The van der Waals surface area contributed by atoms with E-state index < -0.39 is 0 Å². The zero-order valence-electron chi connectivity index (χ0n) is 11.5. The summed E-state index contributed by atoms with van der Waals surface area (Å²) in [5.74, 6) is 2.91. The summed E-state index contributed by atoms with van der Waals surface area (Å²) in [7, 11) is 0. The zero-order valence-corrected chi connectivity index (χ0v) is 12.4. The van der Waals surface area contributed by atoms with Crippen molar-refractivity contribution in [3.63, 3.8) is 0 Å². The summed E-state index contributed by atoms with van der Waals surface area (Å²) in [6.45, 7) is 3.84. The van der Waals surface area contributed by atoms with Crippen molar-refractivity contribution in [2.24, 2.45) is 0 Å². The lowest BCUT2D eigenvalue weighted by molar-refractivity contribution is 0.261. The van der Waals surface area contributed by atoms with Gasteiger partial charge in [0.05, 0.1) is 23.3 Å². The standard InChI is InChI=1S/C16H19NO2S/c1-2-17-16-13-7-3-4-8-14(13)19-10-15(16)20-11-12-6-5-9-18-12/h3-9,15-17H,2,10-11H2,1H3. The molecule has 106 valence electrons.